The number of nitrogens with one attached hydrogen (secondary N) is 1. The largest absolute Gasteiger partial charge is 0.387 e. The molecule has 2 heterocycles. The number of hydrogen-bond acceptors (Lipinski definition) is 5. The van der Waals surface area contributed by atoms with Crippen LogP contribution in [0.1, 0.15) is 54.9 Å². The maximum Gasteiger partial charge on any atom is 0.162 e. The summed E-state index contributed by atoms with van der Waals surface area (Å²) < 4.78 is 0. The Morgan fingerprint density at radius 3 is 2.69 bits per heavy atom. The number of ketones is 1. The topological polar surface area (TPSA) is 52.6 Å². The van der Waals surface area contributed by atoms with Crippen molar-refractivity contribution in [1.82, 2.24) is 4.90 Å². The van der Waals surface area contributed by atoms with Crippen molar-refractivity contribution in [3.05, 3.63) is 52.2 Å². The molecule has 0 amide bonds. The van der Waals surface area contributed by atoms with Crippen molar-refractivity contribution >= 4 is 22.8 Å². The van der Waals surface area contributed by atoms with Crippen LogP contribution >= 0.6 is 11.3 Å². The van der Waals surface area contributed by atoms with E-state index in [1.165, 1.54) is 4.88 Å². The molecule has 26 heavy (non-hydrogen) atoms. The molecular formula is C21H28N2O2S. The second-order valence-corrected chi connectivity index (χ2v) is 8.34. The van der Waals surface area contributed by atoms with Gasteiger partial charge in [0.05, 0.1) is 11.6 Å². The van der Waals surface area contributed by atoms with Crippen molar-refractivity contribution in [3.63, 3.8) is 0 Å². The third kappa shape index (κ3) is 4.17. The first kappa shape index (κ1) is 19.1. The highest BCUT2D eigenvalue weighted by Gasteiger charge is 2.39. The number of rotatable bonds is 6. The van der Waals surface area contributed by atoms with Gasteiger partial charge in [-0.15, -0.1) is 11.3 Å². The Morgan fingerprint density at radius 1 is 1.38 bits per heavy atom. The number of carbonyl (C=O) groups excluding carboxylic acids is 1. The number of carbonyl (C=O) groups is 1. The van der Waals surface area contributed by atoms with E-state index in [1.807, 2.05) is 38.1 Å². The van der Waals surface area contributed by atoms with Gasteiger partial charge in [-0.05, 0) is 56.0 Å². The summed E-state index contributed by atoms with van der Waals surface area (Å²) in [6, 6.07) is 12.1. The monoisotopic (exact) mass is 372 g/mol. The van der Waals surface area contributed by atoms with E-state index in [0.717, 1.165) is 24.2 Å². The van der Waals surface area contributed by atoms with Crippen LogP contribution < -0.4 is 5.32 Å². The van der Waals surface area contributed by atoms with Gasteiger partial charge in [0.2, 0.25) is 0 Å². The molecule has 1 aromatic carbocycles. The van der Waals surface area contributed by atoms with Crippen molar-refractivity contribution in [3.8, 4) is 0 Å². The molecule has 3 unspecified atom stereocenters. The van der Waals surface area contributed by atoms with Gasteiger partial charge < -0.3 is 10.4 Å². The number of anilines is 1. The third-order valence-corrected chi connectivity index (χ3v) is 6.39. The van der Waals surface area contributed by atoms with Gasteiger partial charge in [0.1, 0.15) is 0 Å². The Hall–Kier alpha value is -1.69. The molecule has 5 heteroatoms. The molecule has 2 aromatic rings. The molecule has 1 saturated heterocycles. The van der Waals surface area contributed by atoms with Gasteiger partial charge in [0.15, 0.2) is 5.78 Å². The Balaban J connectivity index is 1.64. The van der Waals surface area contributed by atoms with Gasteiger partial charge in [-0.1, -0.05) is 13.0 Å². The number of thiophene rings is 1. The second kappa shape index (κ2) is 7.91. The fourth-order valence-electron chi connectivity index (χ4n) is 3.63. The van der Waals surface area contributed by atoms with E-state index >= 15 is 0 Å². The van der Waals surface area contributed by atoms with E-state index in [2.05, 4.69) is 34.7 Å². The van der Waals surface area contributed by atoms with Crippen molar-refractivity contribution in [2.24, 2.45) is 0 Å². The summed E-state index contributed by atoms with van der Waals surface area (Å²) in [6.45, 7) is 7.57. The number of likely N-dealkylation sites (tertiary alicyclic amines) is 1. The lowest BCUT2D eigenvalue weighted by Gasteiger charge is -2.45. The quantitative estimate of drug-likeness (QED) is 0.741. The first-order valence-electron chi connectivity index (χ1n) is 9.30. The minimum Gasteiger partial charge on any atom is -0.387 e. The second-order valence-electron chi connectivity index (χ2n) is 7.36. The van der Waals surface area contributed by atoms with E-state index in [4.69, 9.17) is 0 Å². The molecule has 1 aromatic heterocycles. The van der Waals surface area contributed by atoms with Gasteiger partial charge in [0.25, 0.3) is 0 Å². The SMILES string of the molecule is CCC(=O)c1ccc(NC2CCN(C(C)c3cccs3)CC2(C)O)cc1. The van der Waals surface area contributed by atoms with Gasteiger partial charge in [-0.2, -0.15) is 0 Å². The highest BCUT2D eigenvalue weighted by atomic mass is 32.1. The summed E-state index contributed by atoms with van der Waals surface area (Å²) in [5.74, 6) is 0.152. The molecule has 1 aliphatic rings. The summed E-state index contributed by atoms with van der Waals surface area (Å²) in [7, 11) is 0. The van der Waals surface area contributed by atoms with E-state index in [1.54, 1.807) is 11.3 Å². The van der Waals surface area contributed by atoms with Crippen molar-refractivity contribution in [2.45, 2.75) is 51.3 Å². The van der Waals surface area contributed by atoms with E-state index < -0.39 is 5.60 Å². The number of nitrogens with zero attached hydrogens (tertiary/aromatic N) is 1. The van der Waals surface area contributed by atoms with Crippen LogP contribution in [0.15, 0.2) is 41.8 Å². The first-order valence-corrected chi connectivity index (χ1v) is 10.2. The average molecular weight is 373 g/mol. The summed E-state index contributed by atoms with van der Waals surface area (Å²) in [5, 5.41) is 16.6. The highest BCUT2D eigenvalue weighted by Crippen LogP contribution is 2.32. The van der Waals surface area contributed by atoms with E-state index in [-0.39, 0.29) is 11.8 Å². The van der Waals surface area contributed by atoms with E-state index in [9.17, 15) is 9.90 Å². The van der Waals surface area contributed by atoms with Crippen LogP contribution in [-0.4, -0.2) is 40.5 Å². The Kier molecular flexibility index (Phi) is 5.80. The molecular weight excluding hydrogens is 344 g/mol. The first-order chi connectivity index (χ1) is 12.4. The maximum atomic E-state index is 11.8. The number of benzene rings is 1. The number of aliphatic hydroxyl groups is 1. The zero-order chi connectivity index (χ0) is 18.7. The van der Waals surface area contributed by atoms with Crippen LogP contribution in [0.4, 0.5) is 5.69 Å². The number of Topliss-reactive ketones (excluding diaryl/α,β-unsaturated/α-hetero) is 1. The zero-order valence-corrected chi connectivity index (χ0v) is 16.6. The molecule has 4 nitrogen and oxygen atoms in total. The lowest BCUT2D eigenvalue weighted by atomic mass is 9.88. The molecule has 3 atom stereocenters. The number of hydrogen-bond donors (Lipinski definition) is 2. The average Bonchev–Trinajstić information content (AvgIpc) is 3.17. The summed E-state index contributed by atoms with van der Waals surface area (Å²) in [6.07, 6.45) is 1.39. The Labute approximate surface area is 159 Å². The van der Waals surface area contributed by atoms with Crippen LogP contribution in [0.2, 0.25) is 0 Å². The smallest absolute Gasteiger partial charge is 0.162 e. The molecule has 2 N–H and O–H groups in total. The Morgan fingerprint density at radius 2 is 2.12 bits per heavy atom. The predicted octanol–water partition coefficient (Wildman–Crippen LogP) is 4.34. The summed E-state index contributed by atoms with van der Waals surface area (Å²) >= 11 is 1.77. The summed E-state index contributed by atoms with van der Waals surface area (Å²) in [4.78, 5) is 15.4. The highest BCUT2D eigenvalue weighted by molar-refractivity contribution is 7.10. The molecule has 1 aliphatic heterocycles. The van der Waals surface area contributed by atoms with Gasteiger partial charge >= 0.3 is 0 Å². The zero-order valence-electron chi connectivity index (χ0n) is 15.7. The van der Waals surface area contributed by atoms with Crippen LogP contribution in [0.3, 0.4) is 0 Å². The molecule has 1 fully saturated rings. The normalized spacial score (nSPS) is 25.0. The lowest BCUT2D eigenvalue weighted by molar-refractivity contribution is -0.0372. The van der Waals surface area contributed by atoms with E-state index in [0.29, 0.717) is 19.0 Å². The predicted molar refractivity (Wildman–Crippen MR) is 108 cm³/mol. The summed E-state index contributed by atoms with van der Waals surface area (Å²) in [5.41, 5.74) is 0.869. The van der Waals surface area contributed by atoms with Crippen molar-refractivity contribution in [2.75, 3.05) is 18.4 Å². The molecule has 0 spiro atoms. The third-order valence-electron chi connectivity index (χ3n) is 5.35. The minimum atomic E-state index is -0.818. The minimum absolute atomic E-state index is 0.0120. The van der Waals surface area contributed by atoms with Gasteiger partial charge in [-0.3, -0.25) is 9.69 Å². The van der Waals surface area contributed by atoms with Gasteiger partial charge in [0, 0.05) is 41.7 Å². The Bertz CT molecular complexity index is 725. The van der Waals surface area contributed by atoms with Gasteiger partial charge in [-0.25, -0.2) is 0 Å². The standard InChI is InChI=1S/C21H28N2O2S/c1-4-18(24)16-7-9-17(10-8-16)22-20-11-12-23(14-21(20,3)25)15(2)19-6-5-13-26-19/h5-10,13,15,20,22,25H,4,11-12,14H2,1-3H3. The maximum absolute atomic E-state index is 11.8. The van der Waals surface area contributed by atoms with Crippen molar-refractivity contribution < 1.29 is 9.90 Å². The molecule has 0 aliphatic carbocycles. The molecule has 140 valence electrons. The molecule has 0 saturated carbocycles. The van der Waals surface area contributed by atoms with Crippen molar-refractivity contribution in [1.29, 1.82) is 0 Å². The van der Waals surface area contributed by atoms with Crippen LogP contribution in [0.5, 0.6) is 0 Å². The van der Waals surface area contributed by atoms with Crippen LogP contribution in [-0.2, 0) is 0 Å². The molecule has 0 radical (unpaired) electrons. The van der Waals surface area contributed by atoms with Crippen LogP contribution in [0, 0.1) is 0 Å². The number of piperidine rings is 1. The fourth-order valence-corrected chi connectivity index (χ4v) is 4.45. The molecule has 3 rings (SSSR count). The lowest BCUT2D eigenvalue weighted by Crippen LogP contribution is -2.58. The molecule has 0 bridgehead atoms. The van der Waals surface area contributed by atoms with Crippen LogP contribution in [0.25, 0.3) is 0 Å². The fraction of sp³-hybridized carbons (Fsp3) is 0.476. The number of β-amino-alcohol motifs (C(OH)–C–C–N with tert-alkyl or cyclic N) is 1.